The number of aromatic amines is 1. The summed E-state index contributed by atoms with van der Waals surface area (Å²) in [5, 5.41) is 13.0. The van der Waals surface area contributed by atoms with Crippen molar-refractivity contribution in [1.82, 2.24) is 14.9 Å². The summed E-state index contributed by atoms with van der Waals surface area (Å²) >= 11 is 1.48. The van der Waals surface area contributed by atoms with Crippen LogP contribution in [0.1, 0.15) is 31.7 Å². The van der Waals surface area contributed by atoms with Crippen molar-refractivity contribution in [2.24, 2.45) is 0 Å². The van der Waals surface area contributed by atoms with Gasteiger partial charge in [0.05, 0.1) is 30.7 Å². The van der Waals surface area contributed by atoms with Gasteiger partial charge in [0, 0.05) is 37.7 Å². The number of rotatable bonds is 12. The van der Waals surface area contributed by atoms with Crippen molar-refractivity contribution in [1.29, 1.82) is 0 Å². The summed E-state index contributed by atoms with van der Waals surface area (Å²) in [5.74, 6) is 0.592. The summed E-state index contributed by atoms with van der Waals surface area (Å²) in [4.78, 5) is 23.4. The second-order valence-electron chi connectivity index (χ2n) is 8.33. The highest BCUT2D eigenvalue weighted by atomic mass is 32.1. The summed E-state index contributed by atoms with van der Waals surface area (Å²) in [7, 11) is 1.67. The molecule has 2 N–H and O–H groups in total. The zero-order valence-corrected chi connectivity index (χ0v) is 20.1. The van der Waals surface area contributed by atoms with Crippen LogP contribution in [0, 0.1) is 6.92 Å². The van der Waals surface area contributed by atoms with Gasteiger partial charge in [-0.1, -0.05) is 29.8 Å². The molecule has 1 aromatic carbocycles. The Hall–Kier alpha value is -2.10. The summed E-state index contributed by atoms with van der Waals surface area (Å²) in [6.07, 6.45) is 0.260. The maximum atomic E-state index is 13.0. The molecule has 2 aromatic heterocycles. The van der Waals surface area contributed by atoms with Gasteiger partial charge in [-0.3, -0.25) is 9.69 Å². The number of hydrogen-bond acceptors (Lipinski definition) is 7. The van der Waals surface area contributed by atoms with Crippen molar-refractivity contribution in [3.8, 4) is 11.1 Å². The van der Waals surface area contributed by atoms with Gasteiger partial charge in [0.1, 0.15) is 10.7 Å². The Morgan fingerprint density at radius 3 is 2.69 bits per heavy atom. The number of benzene rings is 1. The van der Waals surface area contributed by atoms with Crippen molar-refractivity contribution >= 4 is 21.6 Å². The van der Waals surface area contributed by atoms with Gasteiger partial charge in [-0.25, -0.2) is 4.98 Å². The zero-order chi connectivity index (χ0) is 23.1. The predicted molar refractivity (Wildman–Crippen MR) is 129 cm³/mol. The third kappa shape index (κ3) is 6.70. The number of thiophene rings is 1. The van der Waals surface area contributed by atoms with Crippen LogP contribution in [0.25, 0.3) is 21.3 Å². The number of methoxy groups -OCH3 is 1. The van der Waals surface area contributed by atoms with Crippen molar-refractivity contribution in [3.05, 3.63) is 51.4 Å². The molecule has 0 fully saturated rings. The standard InChI is InChI=1S/C24H33N3O4S/c1-16(2)31-14-19(28)12-27(10-5-11-30-4)13-21-25-23(29)22-20(15-32-24(22)26-21)18-8-6-17(3)7-9-18/h6-9,15-16,19,28H,5,10-14H2,1-4H3,(H,25,26,29)/t19-/m1/s1. The average molecular weight is 460 g/mol. The molecule has 0 amide bonds. The number of H-pyrrole nitrogens is 1. The molecule has 0 saturated carbocycles. The van der Waals surface area contributed by atoms with E-state index >= 15 is 0 Å². The molecule has 0 aliphatic rings. The molecule has 0 unspecified atom stereocenters. The SMILES string of the molecule is COCCCN(Cc1nc2scc(-c3ccc(C)cc3)c2c(=O)[nH]1)C[C@@H](O)COC(C)C. The van der Waals surface area contributed by atoms with Gasteiger partial charge < -0.3 is 19.6 Å². The van der Waals surface area contributed by atoms with Crippen molar-refractivity contribution in [2.45, 2.75) is 45.9 Å². The van der Waals surface area contributed by atoms with Crippen LogP contribution in [-0.4, -0.2) is 65.6 Å². The van der Waals surface area contributed by atoms with E-state index in [1.165, 1.54) is 16.9 Å². The van der Waals surface area contributed by atoms with Crippen LogP contribution in [0.2, 0.25) is 0 Å². The predicted octanol–water partition coefficient (Wildman–Crippen LogP) is 3.58. The maximum absolute atomic E-state index is 13.0. The van der Waals surface area contributed by atoms with Crippen LogP contribution in [0.3, 0.4) is 0 Å². The van der Waals surface area contributed by atoms with E-state index in [9.17, 15) is 9.90 Å². The molecule has 0 radical (unpaired) electrons. The number of nitrogens with one attached hydrogen (secondary N) is 1. The molecule has 3 aromatic rings. The van der Waals surface area contributed by atoms with E-state index in [0.29, 0.717) is 37.5 Å². The lowest BCUT2D eigenvalue weighted by molar-refractivity contribution is -0.0106. The van der Waals surface area contributed by atoms with Crippen LogP contribution in [0.4, 0.5) is 0 Å². The fraction of sp³-hybridized carbons (Fsp3) is 0.500. The summed E-state index contributed by atoms with van der Waals surface area (Å²) in [6.45, 7) is 8.41. The molecule has 0 bridgehead atoms. The van der Waals surface area contributed by atoms with E-state index in [0.717, 1.165) is 22.4 Å². The molecular formula is C24H33N3O4S. The van der Waals surface area contributed by atoms with E-state index in [2.05, 4.69) is 9.88 Å². The molecule has 0 saturated heterocycles. The summed E-state index contributed by atoms with van der Waals surface area (Å²) < 4.78 is 10.7. The second kappa shape index (κ2) is 11.7. The highest BCUT2D eigenvalue weighted by Gasteiger charge is 2.17. The van der Waals surface area contributed by atoms with Crippen molar-refractivity contribution < 1.29 is 14.6 Å². The molecule has 2 heterocycles. The number of hydrogen-bond donors (Lipinski definition) is 2. The number of aromatic nitrogens is 2. The third-order valence-electron chi connectivity index (χ3n) is 5.14. The van der Waals surface area contributed by atoms with Gasteiger partial charge in [-0.05, 0) is 32.8 Å². The van der Waals surface area contributed by atoms with Crippen LogP contribution in [0.15, 0.2) is 34.4 Å². The Bertz CT molecular complexity index is 1050. The minimum absolute atomic E-state index is 0.0635. The van der Waals surface area contributed by atoms with Crippen LogP contribution >= 0.6 is 11.3 Å². The molecule has 7 nitrogen and oxygen atoms in total. The molecule has 8 heteroatoms. The Kier molecular flexibility index (Phi) is 8.95. The largest absolute Gasteiger partial charge is 0.389 e. The topological polar surface area (TPSA) is 87.7 Å². The van der Waals surface area contributed by atoms with Gasteiger partial charge in [-0.2, -0.15) is 0 Å². The number of aliphatic hydroxyl groups is 1. The van der Waals surface area contributed by atoms with Crippen molar-refractivity contribution in [2.75, 3.05) is 33.4 Å². The lowest BCUT2D eigenvalue weighted by atomic mass is 10.1. The quantitative estimate of drug-likeness (QED) is 0.403. The van der Waals surface area contributed by atoms with E-state index < -0.39 is 6.10 Å². The highest BCUT2D eigenvalue weighted by Crippen LogP contribution is 2.30. The number of fused-ring (bicyclic) bond motifs is 1. The van der Waals surface area contributed by atoms with Crippen molar-refractivity contribution in [3.63, 3.8) is 0 Å². The molecule has 0 aliphatic heterocycles. The average Bonchev–Trinajstić information content (AvgIpc) is 3.17. The molecule has 0 spiro atoms. The molecule has 3 rings (SSSR count). The minimum atomic E-state index is -0.620. The summed E-state index contributed by atoms with van der Waals surface area (Å²) in [6, 6.07) is 8.15. The van der Waals surface area contributed by atoms with E-state index in [-0.39, 0.29) is 18.3 Å². The van der Waals surface area contributed by atoms with Gasteiger partial charge in [0.25, 0.3) is 5.56 Å². The maximum Gasteiger partial charge on any atom is 0.260 e. The monoisotopic (exact) mass is 459 g/mol. The van der Waals surface area contributed by atoms with E-state index in [1.807, 2.05) is 50.4 Å². The number of ether oxygens (including phenoxy) is 2. The lowest BCUT2D eigenvalue weighted by Crippen LogP contribution is -2.37. The number of aliphatic hydroxyl groups excluding tert-OH is 1. The van der Waals surface area contributed by atoms with E-state index in [4.69, 9.17) is 14.5 Å². The molecule has 32 heavy (non-hydrogen) atoms. The van der Waals surface area contributed by atoms with Gasteiger partial charge in [-0.15, -0.1) is 11.3 Å². The Morgan fingerprint density at radius 2 is 2.00 bits per heavy atom. The Morgan fingerprint density at radius 1 is 1.25 bits per heavy atom. The van der Waals surface area contributed by atoms with Gasteiger partial charge in [0.2, 0.25) is 0 Å². The van der Waals surface area contributed by atoms with Crippen LogP contribution in [-0.2, 0) is 16.0 Å². The Balaban J connectivity index is 1.79. The molecular weight excluding hydrogens is 426 g/mol. The third-order valence-corrected chi connectivity index (χ3v) is 6.01. The molecule has 1 atom stereocenters. The number of nitrogens with zero attached hydrogens (tertiary/aromatic N) is 2. The van der Waals surface area contributed by atoms with Gasteiger partial charge >= 0.3 is 0 Å². The zero-order valence-electron chi connectivity index (χ0n) is 19.3. The fourth-order valence-corrected chi connectivity index (χ4v) is 4.51. The first-order valence-electron chi connectivity index (χ1n) is 11.0. The first-order chi connectivity index (χ1) is 15.4. The second-order valence-corrected chi connectivity index (χ2v) is 9.18. The van der Waals surface area contributed by atoms with Crippen LogP contribution in [0.5, 0.6) is 0 Å². The minimum Gasteiger partial charge on any atom is -0.389 e. The number of aryl methyl sites for hydroxylation is 1. The molecule has 174 valence electrons. The normalized spacial score (nSPS) is 12.8. The molecule has 0 aliphatic carbocycles. The van der Waals surface area contributed by atoms with E-state index in [1.54, 1.807) is 7.11 Å². The fourth-order valence-electron chi connectivity index (χ4n) is 3.55. The first kappa shape index (κ1) is 24.5. The summed E-state index contributed by atoms with van der Waals surface area (Å²) in [5.41, 5.74) is 2.96. The Labute approximate surface area is 193 Å². The first-order valence-corrected chi connectivity index (χ1v) is 11.8. The smallest absolute Gasteiger partial charge is 0.260 e. The van der Waals surface area contributed by atoms with Crippen LogP contribution < -0.4 is 5.56 Å². The lowest BCUT2D eigenvalue weighted by Gasteiger charge is -2.25. The van der Waals surface area contributed by atoms with Gasteiger partial charge in [0.15, 0.2) is 0 Å². The highest BCUT2D eigenvalue weighted by molar-refractivity contribution is 7.17.